The molecule has 0 aromatic carbocycles. The van der Waals surface area contributed by atoms with Gasteiger partial charge in [0.15, 0.2) is 37.6 Å². The van der Waals surface area contributed by atoms with Gasteiger partial charge in [-0.2, -0.15) is 0 Å². The first kappa shape index (κ1) is 47.2. The molecule has 0 aromatic rings. The first-order valence-corrected chi connectivity index (χ1v) is 18.8. The minimum Gasteiger partial charge on any atom is -0.479 e. The number of hydrogen-bond acceptors (Lipinski definition) is 22. The van der Waals surface area contributed by atoms with Gasteiger partial charge >= 0.3 is 5.97 Å². The van der Waals surface area contributed by atoms with Crippen molar-refractivity contribution in [1.82, 2.24) is 5.32 Å². The molecule has 5 saturated heterocycles. The molecule has 5 heterocycles. The fraction of sp³-hybridized carbons (Fsp3) is 0.941. The van der Waals surface area contributed by atoms with E-state index in [9.17, 15) is 60.7 Å². The number of carbonyl (C=O) groups is 2. The van der Waals surface area contributed by atoms with Crippen LogP contribution in [0.3, 0.4) is 0 Å². The fourth-order valence-corrected chi connectivity index (χ4v) is 7.71. The first-order valence-electron chi connectivity index (χ1n) is 18.8. The highest BCUT2D eigenvalue weighted by Gasteiger charge is 2.57. The Balaban J connectivity index is 1.26. The Morgan fingerprint density at radius 2 is 0.948 bits per heavy atom. The van der Waals surface area contributed by atoms with E-state index in [1.165, 1.54) is 48.8 Å². The number of rotatable bonds is 12. The van der Waals surface area contributed by atoms with Crippen molar-refractivity contribution in [2.24, 2.45) is 0 Å². The lowest BCUT2D eigenvalue weighted by atomic mass is 9.95. The zero-order chi connectivity index (χ0) is 43.1. The van der Waals surface area contributed by atoms with Crippen LogP contribution in [-0.4, -0.2) is 231 Å². The van der Waals surface area contributed by atoms with Crippen LogP contribution in [0.5, 0.6) is 0 Å². The number of ether oxygens (including phenoxy) is 11. The van der Waals surface area contributed by atoms with E-state index in [1.54, 1.807) is 0 Å². The molecular weight excluding hydrogens is 790 g/mol. The third kappa shape index (κ3) is 9.61. The van der Waals surface area contributed by atoms with Gasteiger partial charge in [-0.25, -0.2) is 4.79 Å². The number of aliphatic hydroxyl groups excluding tert-OH is 9. The fourth-order valence-electron chi connectivity index (χ4n) is 7.71. The summed E-state index contributed by atoms with van der Waals surface area (Å²) in [5.41, 5.74) is 0. The second kappa shape index (κ2) is 19.5. The summed E-state index contributed by atoms with van der Waals surface area (Å²) in [7, 11) is 2.37. The summed E-state index contributed by atoms with van der Waals surface area (Å²) in [5.74, 6) is -2.13. The maximum Gasteiger partial charge on any atom is 0.335 e. The van der Waals surface area contributed by atoms with Crippen molar-refractivity contribution in [3.8, 4) is 0 Å². The summed E-state index contributed by atoms with van der Waals surface area (Å²) in [6.07, 6.45) is -37.4. The van der Waals surface area contributed by atoms with Crippen molar-refractivity contribution in [2.75, 3.05) is 14.2 Å². The van der Waals surface area contributed by atoms with Crippen LogP contribution in [-0.2, 0) is 61.7 Å². The molecule has 5 rings (SSSR count). The highest BCUT2D eigenvalue weighted by Crippen LogP contribution is 2.36. The number of methoxy groups -OCH3 is 2. The van der Waals surface area contributed by atoms with Crippen LogP contribution in [0.25, 0.3) is 0 Å². The molecule has 0 saturated carbocycles. The summed E-state index contributed by atoms with van der Waals surface area (Å²) < 4.78 is 62.0. The molecule has 58 heavy (non-hydrogen) atoms. The number of hydrogen-bond donors (Lipinski definition) is 11. The van der Waals surface area contributed by atoms with E-state index < -0.39 is 165 Å². The Morgan fingerprint density at radius 3 is 1.53 bits per heavy atom. The Bertz CT molecular complexity index is 1370. The highest BCUT2D eigenvalue weighted by atomic mass is 16.8. The number of carboxylic acid groups (broad SMARTS) is 1. The molecule has 11 N–H and O–H groups in total. The van der Waals surface area contributed by atoms with Gasteiger partial charge in [-0.1, -0.05) is 0 Å². The number of nitrogens with one attached hydrogen (secondary N) is 1. The monoisotopic (exact) mass is 847 g/mol. The van der Waals surface area contributed by atoms with E-state index in [1.807, 2.05) is 0 Å². The van der Waals surface area contributed by atoms with Gasteiger partial charge in [0.2, 0.25) is 5.91 Å². The van der Waals surface area contributed by atoms with Crippen LogP contribution >= 0.6 is 0 Å². The normalized spacial score (nSPS) is 51.6. The van der Waals surface area contributed by atoms with Gasteiger partial charge in [-0.15, -0.1) is 0 Å². The SMILES string of the molecule is CO[C@@H]1[C@H](O[C@H]2[C@H](O)[C@@H](O)[C@H](O[C@H]3[C@@H](O)[C@H](OC)[C@H](O[C@@H]4[C@@H](O)[C@H](C)O[C@@H](O[C@H]5C(O)O[C@@H](C)[C@@H](O)[C@H]5O)[C@@H]4O)O[C@H]3C)O[C@@H]2C(=O)O)O[C@@H](C)[C@@H](NC(C)=O)[C@H]1O. The Kier molecular flexibility index (Phi) is 15.8. The largest absolute Gasteiger partial charge is 0.479 e. The Hall–Kier alpha value is -1.86. The molecule has 0 bridgehead atoms. The van der Waals surface area contributed by atoms with Crippen LogP contribution in [0.4, 0.5) is 0 Å². The predicted molar refractivity (Wildman–Crippen MR) is 183 cm³/mol. The number of aliphatic hydroxyl groups is 9. The molecule has 0 aliphatic carbocycles. The van der Waals surface area contributed by atoms with Crippen LogP contribution in [0, 0.1) is 0 Å². The van der Waals surface area contributed by atoms with Gasteiger partial charge in [0.25, 0.3) is 0 Å². The average molecular weight is 848 g/mol. The quantitative estimate of drug-likeness (QED) is 0.0870. The topological polar surface area (TPSA) is 350 Å². The van der Waals surface area contributed by atoms with Crippen LogP contribution in [0.1, 0.15) is 34.6 Å². The lowest BCUT2D eigenvalue weighted by Crippen LogP contribution is -2.68. The summed E-state index contributed by atoms with van der Waals surface area (Å²) in [6, 6.07) is -0.937. The van der Waals surface area contributed by atoms with E-state index >= 15 is 0 Å². The molecule has 5 fully saturated rings. The number of aliphatic carboxylic acids is 1. The van der Waals surface area contributed by atoms with Crippen molar-refractivity contribution in [2.45, 2.75) is 188 Å². The van der Waals surface area contributed by atoms with Gasteiger partial charge < -0.3 is 108 Å². The van der Waals surface area contributed by atoms with Gasteiger partial charge in [0.1, 0.15) is 85.5 Å². The summed E-state index contributed by atoms with van der Waals surface area (Å²) in [6.45, 7) is 6.97. The zero-order valence-electron chi connectivity index (χ0n) is 32.7. The summed E-state index contributed by atoms with van der Waals surface area (Å²) >= 11 is 0. The van der Waals surface area contributed by atoms with E-state index in [0.717, 1.165) is 0 Å². The minimum atomic E-state index is -2.03. The van der Waals surface area contributed by atoms with Gasteiger partial charge in [-0.05, 0) is 27.7 Å². The zero-order valence-corrected chi connectivity index (χ0v) is 32.7. The third-order valence-electron chi connectivity index (χ3n) is 11.0. The minimum absolute atomic E-state index is 0.467. The third-order valence-corrected chi connectivity index (χ3v) is 11.0. The lowest BCUT2D eigenvalue weighted by molar-refractivity contribution is -0.389. The second-order valence-corrected chi connectivity index (χ2v) is 15.1. The molecule has 336 valence electrons. The number of carbonyl (C=O) groups excluding carboxylic acids is 1. The lowest BCUT2D eigenvalue weighted by Gasteiger charge is -2.49. The van der Waals surface area contributed by atoms with E-state index in [0.29, 0.717) is 0 Å². The molecule has 24 nitrogen and oxygen atoms in total. The Morgan fingerprint density at radius 1 is 0.466 bits per heavy atom. The standard InChI is InChI=1S/C34H57NO23/c1-8-13(35-12(5)36)16(39)26(48-6)33(51-8)56-24-18(41)19(42)31(58-28(24)29(45)46)54-22-11(4)53-34(27(49-7)20(22)43)55-23-15(38)10(3)52-32(21(23)44)57-25-17(40)14(37)9(2)50-30(25)47/h8-11,13-28,30-34,37-44,47H,1-7H3,(H,35,36)(H,45,46)/t8-,9-,10-,11-,13+,14+,15-,16+,17+,18+,19+,20+,21+,22+,23+,24-,25+,26-,27-,28-,30?,31+,32-,33-,34-/m0/s1. The average Bonchev–Trinajstić information content (AvgIpc) is 3.15. The molecule has 0 spiro atoms. The molecule has 25 atom stereocenters. The maximum atomic E-state index is 12.4. The van der Waals surface area contributed by atoms with E-state index in [2.05, 4.69) is 5.32 Å². The molecule has 5 aliphatic rings. The first-order chi connectivity index (χ1) is 27.2. The number of carboxylic acids is 1. The van der Waals surface area contributed by atoms with E-state index in [4.69, 9.17) is 52.1 Å². The second-order valence-electron chi connectivity index (χ2n) is 15.1. The van der Waals surface area contributed by atoms with Crippen molar-refractivity contribution in [3.05, 3.63) is 0 Å². The molecule has 0 radical (unpaired) electrons. The predicted octanol–water partition coefficient (Wildman–Crippen LogP) is -6.27. The van der Waals surface area contributed by atoms with Crippen LogP contribution in [0.15, 0.2) is 0 Å². The molecule has 0 aromatic heterocycles. The smallest absolute Gasteiger partial charge is 0.335 e. The summed E-state index contributed by atoms with van der Waals surface area (Å²) in [4.78, 5) is 24.1. The van der Waals surface area contributed by atoms with Crippen molar-refractivity contribution in [3.63, 3.8) is 0 Å². The number of amides is 1. The van der Waals surface area contributed by atoms with Gasteiger partial charge in [0, 0.05) is 21.1 Å². The molecule has 5 aliphatic heterocycles. The van der Waals surface area contributed by atoms with Crippen LogP contribution < -0.4 is 5.32 Å². The van der Waals surface area contributed by atoms with Gasteiger partial charge in [0.05, 0.1) is 30.5 Å². The van der Waals surface area contributed by atoms with Crippen LogP contribution in [0.2, 0.25) is 0 Å². The highest BCUT2D eigenvalue weighted by molar-refractivity contribution is 5.74. The van der Waals surface area contributed by atoms with Crippen molar-refractivity contribution < 1.29 is 113 Å². The molecule has 1 unspecified atom stereocenters. The molecule has 24 heteroatoms. The molecule has 1 amide bonds. The molecular formula is C34H57NO23. The van der Waals surface area contributed by atoms with Crippen molar-refractivity contribution >= 4 is 11.9 Å². The van der Waals surface area contributed by atoms with Crippen molar-refractivity contribution in [1.29, 1.82) is 0 Å². The summed E-state index contributed by atoms with van der Waals surface area (Å²) in [5, 5.41) is 111. The Labute approximate surface area is 332 Å². The van der Waals surface area contributed by atoms with Gasteiger partial charge in [-0.3, -0.25) is 4.79 Å². The van der Waals surface area contributed by atoms with E-state index in [-0.39, 0.29) is 0 Å². The maximum absolute atomic E-state index is 12.4.